The van der Waals surface area contributed by atoms with E-state index in [1.807, 2.05) is 0 Å². The Balaban J connectivity index is 2.27. The summed E-state index contributed by atoms with van der Waals surface area (Å²) in [6.07, 6.45) is -5.73. The lowest BCUT2D eigenvalue weighted by Crippen LogP contribution is -2.48. The molecule has 1 saturated heterocycles. The summed E-state index contributed by atoms with van der Waals surface area (Å²) in [4.78, 5) is 23.5. The van der Waals surface area contributed by atoms with Crippen LogP contribution in [-0.2, 0) is 19.1 Å². The van der Waals surface area contributed by atoms with Crippen molar-refractivity contribution in [1.29, 1.82) is 0 Å². The molecule has 0 bridgehead atoms. The van der Waals surface area contributed by atoms with E-state index in [2.05, 4.69) is 4.74 Å². The summed E-state index contributed by atoms with van der Waals surface area (Å²) >= 11 is 0. The predicted molar refractivity (Wildman–Crippen MR) is 55.4 cm³/mol. The normalized spacial score (nSPS) is 20.4. The van der Waals surface area contributed by atoms with Crippen LogP contribution in [0.2, 0.25) is 0 Å². The Kier molecular flexibility index (Phi) is 5.55. The molecule has 9 heteroatoms. The van der Waals surface area contributed by atoms with E-state index in [9.17, 15) is 22.8 Å². The molecule has 0 spiro atoms. The fourth-order valence-electron chi connectivity index (χ4n) is 1.53. The number of carbonyl (C=O) groups excluding carboxylic acids is 1. The number of halogens is 3. The second kappa shape index (κ2) is 6.71. The number of amides is 1. The highest BCUT2D eigenvalue weighted by Crippen LogP contribution is 2.14. The van der Waals surface area contributed by atoms with Crippen LogP contribution in [0, 0.1) is 0 Å². The molecule has 110 valence electrons. The Morgan fingerprint density at radius 3 is 2.68 bits per heavy atom. The van der Waals surface area contributed by atoms with Gasteiger partial charge in [0.05, 0.1) is 26.2 Å². The maximum absolute atomic E-state index is 11.8. The van der Waals surface area contributed by atoms with E-state index in [0.717, 1.165) is 0 Å². The zero-order valence-corrected chi connectivity index (χ0v) is 9.98. The van der Waals surface area contributed by atoms with Gasteiger partial charge in [0.1, 0.15) is 6.61 Å². The number of hydrogen-bond donors (Lipinski definition) is 1. The van der Waals surface area contributed by atoms with E-state index in [4.69, 9.17) is 9.84 Å². The van der Waals surface area contributed by atoms with Crippen LogP contribution in [0.3, 0.4) is 0 Å². The van der Waals surface area contributed by atoms with Crippen molar-refractivity contribution < 1.29 is 37.3 Å². The number of carboxylic acid groups (broad SMARTS) is 1. The van der Waals surface area contributed by atoms with Crippen molar-refractivity contribution in [2.24, 2.45) is 0 Å². The summed E-state index contributed by atoms with van der Waals surface area (Å²) in [5, 5.41) is 8.73. The predicted octanol–water partition coefficient (Wildman–Crippen LogP) is 0.267. The minimum absolute atomic E-state index is 0.0894. The Hall–Kier alpha value is -1.35. The largest absolute Gasteiger partial charge is 0.479 e. The second-order valence-electron chi connectivity index (χ2n) is 3.96. The minimum atomic E-state index is -4.42. The van der Waals surface area contributed by atoms with Gasteiger partial charge in [-0.25, -0.2) is 4.79 Å². The number of carbonyl (C=O) groups is 2. The molecule has 0 radical (unpaired) electrons. The average molecular weight is 285 g/mol. The summed E-state index contributed by atoms with van der Waals surface area (Å²) < 4.78 is 44.5. The quantitative estimate of drug-likeness (QED) is 0.734. The van der Waals surface area contributed by atoms with Crippen LogP contribution in [0.4, 0.5) is 13.2 Å². The molecule has 0 aromatic rings. The fraction of sp³-hybridized carbons (Fsp3) is 0.800. The maximum atomic E-state index is 11.8. The van der Waals surface area contributed by atoms with E-state index in [1.54, 1.807) is 0 Å². The van der Waals surface area contributed by atoms with E-state index in [-0.39, 0.29) is 32.7 Å². The zero-order valence-electron chi connectivity index (χ0n) is 9.98. The summed E-state index contributed by atoms with van der Waals surface area (Å²) in [5.41, 5.74) is 0. The fourth-order valence-corrected chi connectivity index (χ4v) is 1.53. The molecule has 1 N–H and O–H groups in total. The molecule has 1 atom stereocenters. The number of rotatable bonds is 5. The molecule has 19 heavy (non-hydrogen) atoms. The lowest BCUT2D eigenvalue weighted by Gasteiger charge is -2.30. The number of aliphatic carboxylic acids is 1. The number of hydrogen-bond acceptors (Lipinski definition) is 4. The van der Waals surface area contributed by atoms with Gasteiger partial charge in [-0.3, -0.25) is 4.79 Å². The molecule has 1 amide bonds. The van der Waals surface area contributed by atoms with Gasteiger partial charge >= 0.3 is 12.1 Å². The zero-order chi connectivity index (χ0) is 14.5. The Morgan fingerprint density at radius 2 is 2.11 bits per heavy atom. The maximum Gasteiger partial charge on any atom is 0.411 e. The first kappa shape index (κ1) is 15.7. The van der Waals surface area contributed by atoms with Crippen LogP contribution >= 0.6 is 0 Å². The molecular formula is C10H14F3NO5. The first-order valence-electron chi connectivity index (χ1n) is 5.56. The standard InChI is InChI=1S/C10H14F3NO5/c11-10(12,13)6-18-3-1-8(15)14-2-4-19-7(5-14)9(16)17/h7H,1-6H2,(H,16,17). The van der Waals surface area contributed by atoms with Gasteiger partial charge in [-0.2, -0.15) is 13.2 Å². The Morgan fingerprint density at radius 1 is 1.42 bits per heavy atom. The summed E-state index contributed by atoms with van der Waals surface area (Å²) in [7, 11) is 0. The van der Waals surface area contributed by atoms with Crippen LogP contribution in [-0.4, -0.2) is 67.1 Å². The third-order valence-electron chi connectivity index (χ3n) is 2.42. The number of alkyl halides is 3. The SMILES string of the molecule is O=C(O)C1CN(C(=O)CCOCC(F)(F)F)CCO1. The molecule has 1 unspecified atom stereocenters. The highest BCUT2D eigenvalue weighted by Gasteiger charge is 2.30. The van der Waals surface area contributed by atoms with Crippen molar-refractivity contribution in [3.63, 3.8) is 0 Å². The molecule has 6 nitrogen and oxygen atoms in total. The Bertz CT molecular complexity index is 334. The van der Waals surface area contributed by atoms with Gasteiger partial charge in [-0.15, -0.1) is 0 Å². The van der Waals surface area contributed by atoms with Gasteiger partial charge in [-0.1, -0.05) is 0 Å². The average Bonchev–Trinajstić information content (AvgIpc) is 2.33. The van der Waals surface area contributed by atoms with Gasteiger partial charge in [0, 0.05) is 6.54 Å². The molecule has 0 saturated carbocycles. The number of ether oxygens (including phenoxy) is 2. The molecule has 0 aliphatic carbocycles. The third kappa shape index (κ3) is 5.88. The molecule has 0 aromatic carbocycles. The highest BCUT2D eigenvalue weighted by atomic mass is 19.4. The first-order chi connectivity index (χ1) is 8.79. The van der Waals surface area contributed by atoms with E-state index < -0.39 is 30.8 Å². The molecule has 1 heterocycles. The topological polar surface area (TPSA) is 76.1 Å². The van der Waals surface area contributed by atoms with Gasteiger partial charge < -0.3 is 19.5 Å². The van der Waals surface area contributed by atoms with Crippen molar-refractivity contribution >= 4 is 11.9 Å². The molecule has 0 aromatic heterocycles. The number of morpholine rings is 1. The number of nitrogens with zero attached hydrogens (tertiary/aromatic N) is 1. The summed E-state index contributed by atoms with van der Waals surface area (Å²) in [6, 6.07) is 0. The van der Waals surface area contributed by atoms with Crippen molar-refractivity contribution in [1.82, 2.24) is 4.90 Å². The first-order valence-corrected chi connectivity index (χ1v) is 5.56. The van der Waals surface area contributed by atoms with Crippen molar-refractivity contribution in [2.45, 2.75) is 18.7 Å². The van der Waals surface area contributed by atoms with Crippen LogP contribution in [0.1, 0.15) is 6.42 Å². The second-order valence-corrected chi connectivity index (χ2v) is 3.96. The van der Waals surface area contributed by atoms with Crippen molar-refractivity contribution in [3.05, 3.63) is 0 Å². The van der Waals surface area contributed by atoms with Gasteiger partial charge in [0.15, 0.2) is 6.10 Å². The van der Waals surface area contributed by atoms with Crippen LogP contribution in [0.15, 0.2) is 0 Å². The smallest absolute Gasteiger partial charge is 0.411 e. The lowest BCUT2D eigenvalue weighted by atomic mass is 10.2. The number of carboxylic acids is 1. The minimum Gasteiger partial charge on any atom is -0.479 e. The van der Waals surface area contributed by atoms with Gasteiger partial charge in [-0.05, 0) is 0 Å². The molecule has 1 aliphatic rings. The third-order valence-corrected chi connectivity index (χ3v) is 2.42. The summed E-state index contributed by atoms with van der Waals surface area (Å²) in [6.45, 7) is -1.55. The van der Waals surface area contributed by atoms with E-state index in [1.165, 1.54) is 4.90 Å². The van der Waals surface area contributed by atoms with Crippen molar-refractivity contribution in [2.75, 3.05) is 32.9 Å². The van der Waals surface area contributed by atoms with Crippen LogP contribution in [0.5, 0.6) is 0 Å². The summed E-state index contributed by atoms with van der Waals surface area (Å²) in [5.74, 6) is -1.62. The van der Waals surface area contributed by atoms with Crippen LogP contribution in [0.25, 0.3) is 0 Å². The molecular weight excluding hydrogens is 271 g/mol. The van der Waals surface area contributed by atoms with Gasteiger partial charge in [0.25, 0.3) is 0 Å². The molecule has 1 fully saturated rings. The monoisotopic (exact) mass is 285 g/mol. The van der Waals surface area contributed by atoms with Crippen LogP contribution < -0.4 is 0 Å². The van der Waals surface area contributed by atoms with Gasteiger partial charge in [0.2, 0.25) is 5.91 Å². The highest BCUT2D eigenvalue weighted by molar-refractivity contribution is 5.78. The van der Waals surface area contributed by atoms with E-state index >= 15 is 0 Å². The Labute approximate surface area is 107 Å². The lowest BCUT2D eigenvalue weighted by molar-refractivity contribution is -0.176. The molecule has 1 rings (SSSR count). The van der Waals surface area contributed by atoms with E-state index in [0.29, 0.717) is 0 Å². The van der Waals surface area contributed by atoms with Crippen molar-refractivity contribution in [3.8, 4) is 0 Å². The molecule has 1 aliphatic heterocycles.